The van der Waals surface area contributed by atoms with Gasteiger partial charge in [-0.15, -0.1) is 0 Å². The second-order valence-corrected chi connectivity index (χ2v) is 8.69. The number of carbonyl (C=O) groups is 5. The predicted molar refractivity (Wildman–Crippen MR) is 131 cm³/mol. The number of aliphatic imine (C=N–C) groups is 1. The molecule has 0 radical (unpaired) electrons. The second-order valence-electron chi connectivity index (χ2n) is 8.32. The Morgan fingerprint density at radius 1 is 0.886 bits per heavy atom. The SMILES string of the molecule is CC(C)CC(N)C(=O)NC(CS)C(=O)NC(CCCN=C(N)N)C(=O)NC(CCC(=O)O)C(=O)O. The van der Waals surface area contributed by atoms with E-state index >= 15 is 0 Å². The molecule has 0 saturated carbocycles. The van der Waals surface area contributed by atoms with Crippen LogP contribution in [0.5, 0.6) is 0 Å². The third-order valence-electron chi connectivity index (χ3n) is 4.72. The van der Waals surface area contributed by atoms with E-state index in [2.05, 4.69) is 33.6 Å². The number of guanidine groups is 1. The van der Waals surface area contributed by atoms with Crippen LogP contribution < -0.4 is 33.2 Å². The molecule has 0 aliphatic heterocycles. The number of amides is 3. The zero-order valence-corrected chi connectivity index (χ0v) is 20.8. The fourth-order valence-electron chi connectivity index (χ4n) is 2.93. The van der Waals surface area contributed by atoms with Gasteiger partial charge < -0.3 is 43.4 Å². The first-order valence-corrected chi connectivity index (χ1v) is 11.7. The highest BCUT2D eigenvalue weighted by atomic mass is 32.1. The Morgan fingerprint density at radius 3 is 1.91 bits per heavy atom. The Hall–Kier alpha value is -3.07. The van der Waals surface area contributed by atoms with Crippen LogP contribution in [0.1, 0.15) is 46.0 Å². The van der Waals surface area contributed by atoms with Gasteiger partial charge in [0.05, 0.1) is 6.04 Å². The maximum atomic E-state index is 12.8. The minimum atomic E-state index is -1.48. The van der Waals surface area contributed by atoms with Crippen LogP contribution in [-0.4, -0.2) is 82.3 Å². The summed E-state index contributed by atoms with van der Waals surface area (Å²) < 4.78 is 0. The molecule has 0 aromatic carbocycles. The average molecular weight is 520 g/mol. The number of nitrogens with one attached hydrogen (secondary N) is 3. The molecule has 0 saturated heterocycles. The van der Waals surface area contributed by atoms with Crippen molar-refractivity contribution in [1.29, 1.82) is 0 Å². The number of hydrogen-bond donors (Lipinski definition) is 9. The highest BCUT2D eigenvalue weighted by Crippen LogP contribution is 2.06. The molecule has 11 N–H and O–H groups in total. The van der Waals surface area contributed by atoms with Crippen LogP contribution in [0.3, 0.4) is 0 Å². The first kappa shape index (κ1) is 31.9. The topological polar surface area (TPSA) is 252 Å². The van der Waals surface area contributed by atoms with Crippen molar-refractivity contribution < 1.29 is 34.2 Å². The zero-order chi connectivity index (χ0) is 27.1. The maximum Gasteiger partial charge on any atom is 0.326 e. The van der Waals surface area contributed by atoms with E-state index in [9.17, 15) is 29.1 Å². The van der Waals surface area contributed by atoms with Crippen LogP contribution in [0, 0.1) is 5.92 Å². The lowest BCUT2D eigenvalue weighted by molar-refractivity contribution is -0.143. The molecule has 0 aromatic rings. The van der Waals surface area contributed by atoms with E-state index in [1.54, 1.807) is 0 Å². The van der Waals surface area contributed by atoms with Crippen molar-refractivity contribution in [1.82, 2.24) is 16.0 Å². The molecule has 0 aliphatic carbocycles. The molecule has 14 nitrogen and oxygen atoms in total. The van der Waals surface area contributed by atoms with Crippen LogP contribution in [0.25, 0.3) is 0 Å². The highest BCUT2D eigenvalue weighted by molar-refractivity contribution is 7.80. The highest BCUT2D eigenvalue weighted by Gasteiger charge is 2.30. The summed E-state index contributed by atoms with van der Waals surface area (Å²) in [5, 5.41) is 25.3. The monoisotopic (exact) mass is 519 g/mol. The van der Waals surface area contributed by atoms with Gasteiger partial charge in [0, 0.05) is 18.7 Å². The van der Waals surface area contributed by atoms with Crippen molar-refractivity contribution in [3.05, 3.63) is 0 Å². The molecular formula is C20H37N7O7S. The minimum absolute atomic E-state index is 0.0275. The number of carboxylic acid groups (broad SMARTS) is 2. The van der Waals surface area contributed by atoms with Crippen LogP contribution in [0.2, 0.25) is 0 Å². The van der Waals surface area contributed by atoms with Crippen molar-refractivity contribution >= 4 is 48.2 Å². The largest absolute Gasteiger partial charge is 0.481 e. The summed E-state index contributed by atoms with van der Waals surface area (Å²) in [4.78, 5) is 63.9. The molecule has 0 bridgehead atoms. The number of carboxylic acids is 2. The predicted octanol–water partition coefficient (Wildman–Crippen LogP) is -2.25. The molecule has 0 rings (SSSR count). The van der Waals surface area contributed by atoms with Gasteiger partial charge in [0.2, 0.25) is 17.7 Å². The molecule has 0 spiro atoms. The second kappa shape index (κ2) is 16.5. The lowest BCUT2D eigenvalue weighted by atomic mass is 10.0. The van der Waals surface area contributed by atoms with E-state index in [0.29, 0.717) is 6.42 Å². The van der Waals surface area contributed by atoms with Crippen molar-refractivity contribution in [2.24, 2.45) is 28.1 Å². The van der Waals surface area contributed by atoms with Crippen molar-refractivity contribution in [3.8, 4) is 0 Å². The average Bonchev–Trinajstić information content (AvgIpc) is 2.75. The fraction of sp³-hybridized carbons (Fsp3) is 0.700. The van der Waals surface area contributed by atoms with E-state index in [4.69, 9.17) is 22.3 Å². The van der Waals surface area contributed by atoms with E-state index in [1.165, 1.54) is 0 Å². The minimum Gasteiger partial charge on any atom is -0.481 e. The lowest BCUT2D eigenvalue weighted by Crippen LogP contribution is -2.57. The van der Waals surface area contributed by atoms with Gasteiger partial charge in [-0.2, -0.15) is 12.6 Å². The quantitative estimate of drug-likeness (QED) is 0.0431. The van der Waals surface area contributed by atoms with Gasteiger partial charge in [-0.05, 0) is 31.6 Å². The third kappa shape index (κ3) is 14.0. The summed E-state index contributed by atoms with van der Waals surface area (Å²) in [6.45, 7) is 3.92. The number of nitrogens with zero attached hydrogens (tertiary/aromatic N) is 1. The van der Waals surface area contributed by atoms with Crippen LogP contribution in [-0.2, 0) is 24.0 Å². The fourth-order valence-corrected chi connectivity index (χ4v) is 3.19. The first-order chi connectivity index (χ1) is 16.3. The van der Waals surface area contributed by atoms with Crippen LogP contribution in [0.15, 0.2) is 4.99 Å². The van der Waals surface area contributed by atoms with Gasteiger partial charge in [-0.1, -0.05) is 13.8 Å². The summed E-state index contributed by atoms with van der Waals surface area (Å²) in [5.41, 5.74) is 16.4. The Morgan fingerprint density at radius 2 is 1.43 bits per heavy atom. The maximum absolute atomic E-state index is 12.8. The molecule has 35 heavy (non-hydrogen) atoms. The van der Waals surface area contributed by atoms with E-state index in [1.807, 2.05) is 13.8 Å². The van der Waals surface area contributed by atoms with E-state index in [0.717, 1.165) is 0 Å². The Bertz CT molecular complexity index is 775. The molecular weight excluding hydrogens is 482 g/mol. The number of thiol groups is 1. The standard InChI is InChI=1S/C20H37N7O7S/c1-10(2)8-11(21)16(30)27-14(9-35)18(32)25-12(4-3-7-24-20(22)23)17(31)26-13(19(33)34)5-6-15(28)29/h10-14,35H,3-9,21H2,1-2H3,(H,25,32)(H,26,31)(H,27,30)(H,28,29)(H,33,34)(H4,22,23,24). The summed E-state index contributed by atoms with van der Waals surface area (Å²) in [6.07, 6.45) is -0.160. The van der Waals surface area contributed by atoms with E-state index in [-0.39, 0.29) is 43.4 Å². The molecule has 0 heterocycles. The van der Waals surface area contributed by atoms with Gasteiger partial charge >= 0.3 is 11.9 Å². The normalized spacial score (nSPS) is 14.2. The smallest absolute Gasteiger partial charge is 0.326 e. The Balaban J connectivity index is 5.42. The molecule has 4 atom stereocenters. The third-order valence-corrected chi connectivity index (χ3v) is 5.08. The lowest BCUT2D eigenvalue weighted by Gasteiger charge is -2.24. The Kier molecular flexibility index (Phi) is 15.1. The first-order valence-electron chi connectivity index (χ1n) is 11.1. The summed E-state index contributed by atoms with van der Waals surface area (Å²) in [6, 6.07) is -4.65. The Labute approximate surface area is 209 Å². The number of nitrogens with two attached hydrogens (primary N) is 3. The van der Waals surface area contributed by atoms with Gasteiger partial charge in [-0.3, -0.25) is 24.2 Å². The molecule has 0 fully saturated rings. The molecule has 15 heteroatoms. The van der Waals surface area contributed by atoms with Crippen LogP contribution in [0.4, 0.5) is 0 Å². The molecule has 0 aliphatic rings. The van der Waals surface area contributed by atoms with E-state index < -0.39 is 60.2 Å². The molecule has 3 amide bonds. The van der Waals surface area contributed by atoms with Gasteiger partial charge in [0.25, 0.3) is 0 Å². The molecule has 200 valence electrons. The summed E-state index contributed by atoms with van der Waals surface area (Å²) >= 11 is 4.08. The van der Waals surface area contributed by atoms with Gasteiger partial charge in [0.15, 0.2) is 5.96 Å². The number of aliphatic carboxylic acids is 2. The number of rotatable bonds is 17. The van der Waals surface area contributed by atoms with Crippen LogP contribution >= 0.6 is 12.6 Å². The molecule has 0 aromatic heterocycles. The van der Waals surface area contributed by atoms with Gasteiger partial charge in [0.1, 0.15) is 18.1 Å². The molecule has 4 unspecified atom stereocenters. The van der Waals surface area contributed by atoms with Gasteiger partial charge in [-0.25, -0.2) is 4.79 Å². The number of carbonyl (C=O) groups excluding carboxylic acids is 3. The summed E-state index contributed by atoms with van der Waals surface area (Å²) in [5.74, 6) is -4.89. The van der Waals surface area contributed by atoms with Crippen molar-refractivity contribution in [2.45, 2.75) is 70.1 Å². The van der Waals surface area contributed by atoms with Crippen molar-refractivity contribution in [2.75, 3.05) is 12.3 Å². The zero-order valence-electron chi connectivity index (χ0n) is 19.9. The van der Waals surface area contributed by atoms with Crippen molar-refractivity contribution in [3.63, 3.8) is 0 Å². The number of hydrogen-bond acceptors (Lipinski definition) is 8. The summed E-state index contributed by atoms with van der Waals surface area (Å²) in [7, 11) is 0.